The summed E-state index contributed by atoms with van der Waals surface area (Å²) in [6, 6.07) is -0.316. The van der Waals surface area contributed by atoms with Gasteiger partial charge in [0.1, 0.15) is 84.3 Å². The Balaban J connectivity index is 1.21. The van der Waals surface area contributed by atoms with Crippen LogP contribution in [-0.4, -0.2) is 319 Å². The van der Waals surface area contributed by atoms with Crippen molar-refractivity contribution in [1.82, 2.24) is 97.6 Å². The fourth-order valence-corrected chi connectivity index (χ4v) is 17.0. The number of unbranched alkanes of at least 4 members (excludes halogenated alkanes) is 2. The van der Waals surface area contributed by atoms with Crippen LogP contribution in [0.25, 0.3) is 21.8 Å². The molecule has 0 bridgehead atoms. The van der Waals surface area contributed by atoms with Gasteiger partial charge in [-0.3, -0.25) is 86.3 Å². The molecule has 44 heteroatoms. The van der Waals surface area contributed by atoms with Crippen molar-refractivity contribution in [3.8, 4) is 5.75 Å². The number of carbonyl (C=O) groups is 18. The summed E-state index contributed by atoms with van der Waals surface area (Å²) < 4.78 is 5.38. The second-order valence-electron chi connectivity index (χ2n) is 34.2. The summed E-state index contributed by atoms with van der Waals surface area (Å²) in [6.07, 6.45) is 4.10. The van der Waals surface area contributed by atoms with Crippen LogP contribution in [0, 0.1) is 5.92 Å². The van der Waals surface area contributed by atoms with Gasteiger partial charge >= 0.3 is 5.97 Å². The van der Waals surface area contributed by atoms with E-state index in [0.717, 1.165) is 26.5 Å². The number of nitrogens with one attached hydrogen (secondary N) is 13. The van der Waals surface area contributed by atoms with Crippen LogP contribution in [-0.2, 0) is 117 Å². The molecule has 0 radical (unpaired) electrons. The van der Waals surface area contributed by atoms with E-state index in [2.05, 4.69) is 73.1 Å². The van der Waals surface area contributed by atoms with E-state index in [1.54, 1.807) is 74.8 Å². The number of methoxy groups -OCH3 is 1. The highest BCUT2D eigenvalue weighted by atomic mass is 32.2. The van der Waals surface area contributed by atoms with Gasteiger partial charge in [-0.15, -0.1) is 11.8 Å². The van der Waals surface area contributed by atoms with Gasteiger partial charge in [-0.05, 0) is 105 Å². The number of aromatic amines is 3. The number of imidazole rings is 1. The Morgan fingerprint density at radius 3 is 1.71 bits per heavy atom. The molecule has 0 saturated carbocycles. The summed E-state index contributed by atoms with van der Waals surface area (Å²) in [6.45, 7) is 5.88. The number of nitrogens with zero attached hydrogens (tertiary/aromatic N) is 6. The molecule has 2 aliphatic rings. The number of amides is 17. The van der Waals surface area contributed by atoms with E-state index in [0.29, 0.717) is 64.2 Å². The number of nitrogens with two attached hydrogens (primary N) is 3. The minimum absolute atomic E-state index is 0.0286. The van der Waals surface area contributed by atoms with Crippen molar-refractivity contribution in [1.29, 1.82) is 0 Å². The number of para-hydroxylation sites is 2. The van der Waals surface area contributed by atoms with Gasteiger partial charge < -0.3 is 125 Å². The molecule has 2 aliphatic heterocycles. The molecule has 43 nitrogen and oxygen atoms in total. The lowest BCUT2D eigenvalue weighted by atomic mass is 9.99. The van der Waals surface area contributed by atoms with Crippen LogP contribution in [0.15, 0.2) is 97.7 Å². The Labute approximate surface area is 785 Å². The number of phenolic OH excluding ortho intramolecular Hbond substituents is 1. The first-order valence-electron chi connectivity index (χ1n) is 45.1. The molecule has 0 spiro atoms. The number of phenols is 1. The SMILES string of the molecule is CCCC[C@H]1C(=O)N(C)[C@@H](CCCC)C(=O)N[C@@H](CC(C)C)C(=O)N[C@H](C(=O)NCC(N)=O)CSCC(=O)NC(Cc2ccc(O)cc2)C(=O)N(C)[C@@H](C)C(=O)N[C@@H](CC(N)=O)C(=O)N2CCC[C@H]2C(=O)N[C@@H](Cc2cnc[nH]2)C(=O)N[C@@H](CCC(=O)O)C(=O)N(CCOC)CC(=O)N[C@@H](Cc2c[nH]c3ccccc23)C(=O)N[C@@H](CCN)C(=O)N[C@@H](Cc2c[nH]c3ccccc23)C(=O)N1C. The van der Waals surface area contributed by atoms with Crippen molar-refractivity contribution >= 4 is 140 Å². The second-order valence-corrected chi connectivity index (χ2v) is 35.3. The van der Waals surface area contributed by atoms with Gasteiger partial charge in [0, 0.05) is 125 Å². The number of carboxylic acids is 1. The molecule has 0 aliphatic carbocycles. The van der Waals surface area contributed by atoms with E-state index >= 15 is 33.6 Å². The van der Waals surface area contributed by atoms with Crippen LogP contribution in [0.5, 0.6) is 5.75 Å². The molecule has 8 rings (SSSR count). The van der Waals surface area contributed by atoms with E-state index in [4.69, 9.17) is 21.9 Å². The number of aromatic nitrogens is 4. The van der Waals surface area contributed by atoms with Crippen LogP contribution in [0.4, 0.5) is 0 Å². The predicted molar refractivity (Wildman–Crippen MR) is 496 cm³/mol. The minimum atomic E-state index is -1.81. The highest BCUT2D eigenvalue weighted by molar-refractivity contribution is 8.00. The second kappa shape index (κ2) is 52.2. The predicted octanol–water partition coefficient (Wildman–Crippen LogP) is -1.46. The summed E-state index contributed by atoms with van der Waals surface area (Å²) >= 11 is 0.790. The maximum Gasteiger partial charge on any atom is 0.303 e. The van der Waals surface area contributed by atoms with Gasteiger partial charge in [-0.2, -0.15) is 0 Å². The zero-order chi connectivity index (χ0) is 98.9. The molecule has 135 heavy (non-hydrogen) atoms. The van der Waals surface area contributed by atoms with Crippen molar-refractivity contribution in [3.63, 3.8) is 0 Å². The number of aliphatic carboxylic acids is 1. The monoisotopic (exact) mass is 1900 g/mol. The standard InChI is InChI=1S/C91H128N22O21S/c1-10-12-23-71-85(127)104-64(37-51(3)4)82(124)108-70(80(122)98-46-75(94)116)48-135-49-77(118)101-67(38-53-26-28-57(114)29-27-53)87(129)109(6)52(5)79(121)106-69(42-74(93)115)90(132)113-34-18-25-72(113)86(128)105-66(41-56-45-95-50-99-56)84(126)103-63(30-31-78(119)120)89(131)112(35-36-134-9)47-76(117)100-65(39-54-43-96-60-21-16-14-19-58(54)60)83(125)102-62(32-33-92)81(123)107-68(40-55-44-97-61-22-17-15-20-59(55)61)88(130)111(8)73(24-13-11-2)91(133)110(71)7/h14-17,19-22,26-29,43-45,50-52,62-73,96-97,114H,10-13,18,23-25,30-42,46-49,92H2,1-9H3,(H2,93,115)(H2,94,116)(H,95,99)(H,98,122)(H,100,117)(H,101,118)(H,102,125)(H,103,126)(H,104,127)(H,105,128)(H,106,121)(H,107,123)(H,108,124)(H,119,120)/t52-,62-,63-,64-,65-,66-,67?,68-,69-,70-,71-,72-,73-/m0/s1. The molecule has 6 aromatic rings. The van der Waals surface area contributed by atoms with E-state index in [9.17, 15) is 63.0 Å². The molecule has 734 valence electrons. The van der Waals surface area contributed by atoms with Crippen molar-refractivity contribution in [2.24, 2.45) is 23.1 Å². The summed E-state index contributed by atoms with van der Waals surface area (Å²) in [5, 5.41) is 48.2. The zero-order valence-corrected chi connectivity index (χ0v) is 78.3. The van der Waals surface area contributed by atoms with Crippen molar-refractivity contribution in [2.45, 2.75) is 222 Å². The molecule has 2 saturated heterocycles. The van der Waals surface area contributed by atoms with Crippen LogP contribution >= 0.6 is 11.8 Å². The molecule has 3 aromatic carbocycles. The highest BCUT2D eigenvalue weighted by Crippen LogP contribution is 2.27. The molecule has 21 N–H and O–H groups in total. The van der Waals surface area contributed by atoms with Gasteiger partial charge in [0.05, 0.1) is 38.2 Å². The lowest BCUT2D eigenvalue weighted by Gasteiger charge is -2.36. The van der Waals surface area contributed by atoms with Gasteiger partial charge in [-0.1, -0.05) is 102 Å². The van der Waals surface area contributed by atoms with Crippen molar-refractivity contribution < 1.29 is 101 Å². The van der Waals surface area contributed by atoms with Crippen LogP contribution in [0.3, 0.4) is 0 Å². The van der Waals surface area contributed by atoms with E-state index in [1.165, 1.54) is 81.8 Å². The fraction of sp³-hybridized carbons (Fsp3) is 0.527. The third-order valence-corrected chi connectivity index (χ3v) is 24.7. The first kappa shape index (κ1) is 107. The van der Waals surface area contributed by atoms with Crippen molar-refractivity contribution in [3.05, 3.63) is 120 Å². The summed E-state index contributed by atoms with van der Waals surface area (Å²) in [5.41, 5.74) is 20.4. The maximum absolute atomic E-state index is 15.8. The number of carboxylic acid groups (broad SMARTS) is 1. The average Bonchev–Trinajstić information content (AvgIpc) is 1.79. The van der Waals surface area contributed by atoms with E-state index in [1.807, 2.05) is 13.8 Å². The Bertz CT molecular complexity index is 5150. The minimum Gasteiger partial charge on any atom is -0.508 e. The number of hydrogen-bond donors (Lipinski definition) is 18. The number of H-pyrrole nitrogens is 3. The molecular formula is C91H128N22O21S. The Kier molecular flexibility index (Phi) is 41.3. The zero-order valence-electron chi connectivity index (χ0n) is 77.5. The number of carbonyl (C=O) groups excluding carboxylic acids is 17. The number of ether oxygens (including phenoxy) is 1. The summed E-state index contributed by atoms with van der Waals surface area (Å²) in [5.74, 6) is -18.8. The first-order chi connectivity index (χ1) is 64.3. The number of benzene rings is 3. The summed E-state index contributed by atoms with van der Waals surface area (Å²) in [7, 11) is 5.27. The molecule has 1 unspecified atom stereocenters. The fourth-order valence-electron chi connectivity index (χ4n) is 16.1. The van der Waals surface area contributed by atoms with Gasteiger partial charge in [0.2, 0.25) is 100 Å². The third-order valence-electron chi connectivity index (χ3n) is 23.6. The molecule has 5 heterocycles. The average molecular weight is 1900 g/mol. The van der Waals surface area contributed by atoms with Gasteiger partial charge in [0.15, 0.2) is 0 Å². The summed E-state index contributed by atoms with van der Waals surface area (Å²) in [4.78, 5) is 281. The maximum atomic E-state index is 15.8. The number of fused-ring (bicyclic) bond motifs is 3. The van der Waals surface area contributed by atoms with E-state index < -0.39 is 235 Å². The number of hydrogen-bond acceptors (Lipinski definition) is 23. The number of thioether (sulfide) groups is 1. The quantitative estimate of drug-likeness (QED) is 0.0255. The molecule has 2 fully saturated rings. The molecule has 13 atom stereocenters. The Hall–Kier alpha value is -13.5. The molecule has 17 amide bonds. The topological polar surface area (TPSA) is 632 Å². The smallest absolute Gasteiger partial charge is 0.303 e. The third kappa shape index (κ3) is 31.3. The van der Waals surface area contributed by atoms with E-state index in [-0.39, 0.29) is 101 Å². The first-order valence-corrected chi connectivity index (χ1v) is 46.3. The van der Waals surface area contributed by atoms with Crippen molar-refractivity contribution in [2.75, 3.05) is 79.1 Å². The Morgan fingerprint density at radius 1 is 0.570 bits per heavy atom. The van der Waals surface area contributed by atoms with Gasteiger partial charge in [-0.25, -0.2) is 4.98 Å². The number of primary amides is 2. The Morgan fingerprint density at radius 2 is 1.12 bits per heavy atom. The normalized spacial score (nSPS) is 23.3. The number of aromatic hydroxyl groups is 1. The largest absolute Gasteiger partial charge is 0.508 e. The van der Waals surface area contributed by atoms with Crippen LogP contribution < -0.4 is 70.4 Å². The van der Waals surface area contributed by atoms with Crippen LogP contribution in [0.1, 0.15) is 140 Å². The molecule has 3 aromatic heterocycles. The number of rotatable bonds is 29. The number of likely N-dealkylation sites (N-methyl/N-ethyl adjacent to an activating group) is 3. The van der Waals surface area contributed by atoms with Gasteiger partial charge in [0.25, 0.3) is 0 Å². The lowest BCUT2D eigenvalue weighted by Crippen LogP contribution is -2.61. The molecular weight excluding hydrogens is 1770 g/mol. The highest BCUT2D eigenvalue weighted by Gasteiger charge is 2.44. The van der Waals surface area contributed by atoms with Crippen LogP contribution in [0.2, 0.25) is 0 Å². The lowest BCUT2D eigenvalue weighted by molar-refractivity contribution is -0.149.